The number of ether oxygens (including phenoxy) is 2. The third-order valence-corrected chi connectivity index (χ3v) is 5.26. The first-order valence-electron chi connectivity index (χ1n) is 8.95. The molecule has 0 aliphatic carbocycles. The summed E-state index contributed by atoms with van der Waals surface area (Å²) in [7, 11) is 0. The minimum absolute atomic E-state index is 0.300. The summed E-state index contributed by atoms with van der Waals surface area (Å²) in [6.07, 6.45) is 0.856. The van der Waals surface area contributed by atoms with E-state index < -0.39 is 0 Å². The number of carbonyl (C=O) groups is 1. The first-order chi connectivity index (χ1) is 12.6. The topological polar surface area (TPSA) is 51.1 Å². The van der Waals surface area contributed by atoms with Crippen molar-refractivity contribution in [3.05, 3.63) is 52.2 Å². The molecule has 0 amide bonds. The van der Waals surface area contributed by atoms with Crippen LogP contribution in [0.2, 0.25) is 0 Å². The molecule has 0 bridgehead atoms. The fourth-order valence-electron chi connectivity index (χ4n) is 3.25. The number of nitrogens with zero attached hydrogens (tertiary/aromatic N) is 2. The second-order valence-electron chi connectivity index (χ2n) is 5.94. The van der Waals surface area contributed by atoms with Crippen molar-refractivity contribution in [1.82, 2.24) is 4.90 Å². The minimum Gasteiger partial charge on any atom is -0.494 e. The van der Waals surface area contributed by atoms with Crippen LogP contribution in [0.3, 0.4) is 0 Å². The average Bonchev–Trinajstić information content (AvgIpc) is 3.04. The van der Waals surface area contributed by atoms with Crippen molar-refractivity contribution in [1.29, 1.82) is 0 Å². The van der Waals surface area contributed by atoms with Crippen LogP contribution < -0.4 is 4.74 Å². The van der Waals surface area contributed by atoms with Crippen molar-refractivity contribution in [3.8, 4) is 5.75 Å². The Hall–Kier alpha value is -2.21. The molecule has 3 rings (SSSR count). The summed E-state index contributed by atoms with van der Waals surface area (Å²) in [5.41, 5.74) is 3.36. The summed E-state index contributed by atoms with van der Waals surface area (Å²) in [4.78, 5) is 19.6. The van der Waals surface area contributed by atoms with E-state index in [1.54, 1.807) is 11.8 Å². The van der Waals surface area contributed by atoms with Gasteiger partial charge in [0.1, 0.15) is 5.75 Å². The lowest BCUT2D eigenvalue weighted by molar-refractivity contribution is -0.139. The van der Waals surface area contributed by atoms with Gasteiger partial charge in [-0.2, -0.15) is 0 Å². The van der Waals surface area contributed by atoms with Gasteiger partial charge in [-0.1, -0.05) is 36.9 Å². The van der Waals surface area contributed by atoms with E-state index in [9.17, 15) is 4.79 Å². The summed E-state index contributed by atoms with van der Waals surface area (Å²) < 4.78 is 11.2. The summed E-state index contributed by atoms with van der Waals surface area (Å²) in [5, 5.41) is 3.00. The number of amidine groups is 1. The number of rotatable bonds is 6. The number of para-hydroxylation sites is 1. The van der Waals surface area contributed by atoms with Gasteiger partial charge in [0, 0.05) is 11.3 Å². The first-order valence-corrected chi connectivity index (χ1v) is 9.83. The normalized spacial score (nSPS) is 19.1. The van der Waals surface area contributed by atoms with E-state index in [1.165, 1.54) is 0 Å². The third kappa shape index (κ3) is 3.26. The zero-order valence-corrected chi connectivity index (χ0v) is 16.4. The second-order valence-corrected chi connectivity index (χ2v) is 6.77. The molecule has 2 aliphatic rings. The zero-order chi connectivity index (χ0) is 18.7. The first kappa shape index (κ1) is 18.6. The molecule has 26 heavy (non-hydrogen) atoms. The van der Waals surface area contributed by atoms with Crippen LogP contribution in [0.25, 0.3) is 0 Å². The smallest absolute Gasteiger partial charge is 0.338 e. The van der Waals surface area contributed by atoms with E-state index >= 15 is 0 Å². The Kier molecular flexibility index (Phi) is 5.71. The number of allylic oxidation sites excluding steroid dienone is 2. The highest BCUT2D eigenvalue weighted by atomic mass is 32.2. The molecule has 0 radical (unpaired) electrons. The van der Waals surface area contributed by atoms with Crippen molar-refractivity contribution < 1.29 is 14.3 Å². The molecule has 0 N–H and O–H groups in total. The molecule has 5 nitrogen and oxygen atoms in total. The van der Waals surface area contributed by atoms with Gasteiger partial charge in [-0.15, -0.1) is 0 Å². The quantitative estimate of drug-likeness (QED) is 0.681. The van der Waals surface area contributed by atoms with Crippen LogP contribution in [0.1, 0.15) is 45.7 Å². The highest BCUT2D eigenvalue weighted by Gasteiger charge is 2.41. The highest BCUT2D eigenvalue weighted by Crippen LogP contribution is 2.46. The number of thioether (sulfide) groups is 1. The van der Waals surface area contributed by atoms with Gasteiger partial charge in [0.05, 0.1) is 30.5 Å². The average molecular weight is 372 g/mol. The van der Waals surface area contributed by atoms with E-state index in [1.807, 2.05) is 45.0 Å². The van der Waals surface area contributed by atoms with E-state index in [0.717, 1.165) is 28.6 Å². The van der Waals surface area contributed by atoms with E-state index in [0.29, 0.717) is 24.5 Å². The third-order valence-electron chi connectivity index (χ3n) is 4.37. The van der Waals surface area contributed by atoms with Gasteiger partial charge in [-0.3, -0.25) is 0 Å². The fraction of sp³-hybridized carbons (Fsp3) is 0.400. The Labute approximate surface area is 158 Å². The molecule has 138 valence electrons. The Balaban J connectivity index is 2.17. The SMILES string of the molecule is CCOC(=O)C1=C(C)N=C2SC=C(CC)N2[C@H]1c1ccccc1OCC. The summed E-state index contributed by atoms with van der Waals surface area (Å²) in [6.45, 7) is 8.65. The van der Waals surface area contributed by atoms with Crippen LogP contribution in [-0.4, -0.2) is 29.3 Å². The number of hydrogen-bond acceptors (Lipinski definition) is 6. The molecule has 0 spiro atoms. The maximum absolute atomic E-state index is 12.8. The van der Waals surface area contributed by atoms with Crippen molar-refractivity contribution >= 4 is 22.9 Å². The summed E-state index contributed by atoms with van der Waals surface area (Å²) in [5.74, 6) is 0.458. The molecule has 6 heteroatoms. The van der Waals surface area contributed by atoms with Crippen molar-refractivity contribution in [2.24, 2.45) is 4.99 Å². The molecular formula is C20H24N2O3S. The predicted octanol–water partition coefficient (Wildman–Crippen LogP) is 4.63. The van der Waals surface area contributed by atoms with Gasteiger partial charge < -0.3 is 14.4 Å². The Morgan fingerprint density at radius 2 is 2.00 bits per heavy atom. The molecule has 0 aromatic heterocycles. The minimum atomic E-state index is -0.323. The lowest BCUT2D eigenvalue weighted by atomic mass is 9.93. The predicted molar refractivity (Wildman–Crippen MR) is 105 cm³/mol. The molecule has 0 saturated heterocycles. The van der Waals surface area contributed by atoms with Crippen molar-refractivity contribution in [2.45, 2.75) is 40.2 Å². The van der Waals surface area contributed by atoms with Crippen LogP contribution in [0.15, 0.2) is 51.6 Å². The van der Waals surface area contributed by atoms with Crippen molar-refractivity contribution in [3.63, 3.8) is 0 Å². The van der Waals surface area contributed by atoms with Gasteiger partial charge in [0.15, 0.2) is 5.17 Å². The van der Waals surface area contributed by atoms with Gasteiger partial charge in [-0.25, -0.2) is 9.79 Å². The van der Waals surface area contributed by atoms with E-state index in [-0.39, 0.29) is 12.0 Å². The van der Waals surface area contributed by atoms with Crippen LogP contribution in [0, 0.1) is 0 Å². The summed E-state index contributed by atoms with van der Waals surface area (Å²) in [6, 6.07) is 7.58. The number of benzene rings is 1. The number of fused-ring (bicyclic) bond motifs is 1. The van der Waals surface area contributed by atoms with E-state index in [2.05, 4.69) is 22.2 Å². The van der Waals surface area contributed by atoms with E-state index in [4.69, 9.17) is 9.47 Å². The van der Waals surface area contributed by atoms with Crippen LogP contribution in [0.5, 0.6) is 5.75 Å². The molecule has 2 aliphatic heterocycles. The summed E-state index contributed by atoms with van der Waals surface area (Å²) >= 11 is 1.59. The molecule has 1 aromatic rings. The Morgan fingerprint density at radius 1 is 1.23 bits per heavy atom. The molecule has 1 aromatic carbocycles. The maximum Gasteiger partial charge on any atom is 0.338 e. The Bertz CT molecular complexity index is 798. The van der Waals surface area contributed by atoms with Crippen LogP contribution >= 0.6 is 11.8 Å². The standard InChI is InChI=1S/C20H24N2O3S/c1-5-14-12-26-20-21-13(4)17(19(23)25-7-3)18(22(14)20)15-10-8-9-11-16(15)24-6-2/h8-12,18H,5-7H2,1-4H3/t18-/m0/s1. The number of aliphatic imine (C=N–C) groups is 1. The molecule has 0 unspecified atom stereocenters. The number of carbonyl (C=O) groups excluding carboxylic acids is 1. The molecule has 0 saturated carbocycles. The second kappa shape index (κ2) is 7.99. The fourth-order valence-corrected chi connectivity index (χ4v) is 4.30. The maximum atomic E-state index is 12.8. The van der Waals surface area contributed by atoms with Gasteiger partial charge in [0.25, 0.3) is 0 Å². The molecule has 1 atom stereocenters. The molecule has 0 fully saturated rings. The number of hydrogen-bond donors (Lipinski definition) is 0. The number of esters is 1. The lowest BCUT2D eigenvalue weighted by Gasteiger charge is -2.36. The van der Waals surface area contributed by atoms with Crippen LogP contribution in [0.4, 0.5) is 0 Å². The highest BCUT2D eigenvalue weighted by molar-refractivity contribution is 8.16. The van der Waals surface area contributed by atoms with Crippen LogP contribution in [-0.2, 0) is 9.53 Å². The zero-order valence-electron chi connectivity index (χ0n) is 15.6. The monoisotopic (exact) mass is 372 g/mol. The lowest BCUT2D eigenvalue weighted by Crippen LogP contribution is -2.36. The largest absolute Gasteiger partial charge is 0.494 e. The van der Waals surface area contributed by atoms with Crippen molar-refractivity contribution in [2.75, 3.05) is 13.2 Å². The Morgan fingerprint density at radius 3 is 2.69 bits per heavy atom. The molecular weight excluding hydrogens is 348 g/mol. The van der Waals surface area contributed by atoms with Gasteiger partial charge in [-0.05, 0) is 38.7 Å². The molecule has 2 heterocycles. The van der Waals surface area contributed by atoms with Gasteiger partial charge >= 0.3 is 5.97 Å². The van der Waals surface area contributed by atoms with Gasteiger partial charge in [0.2, 0.25) is 0 Å².